The van der Waals surface area contributed by atoms with Crippen molar-refractivity contribution in [3.05, 3.63) is 88.8 Å². The molecule has 158 valence electrons. The van der Waals surface area contributed by atoms with Gasteiger partial charge >= 0.3 is 5.63 Å². The predicted octanol–water partition coefficient (Wildman–Crippen LogP) is 2.71. The zero-order valence-electron chi connectivity index (χ0n) is 16.8. The Balaban J connectivity index is 1.24. The molecule has 0 atom stereocenters. The summed E-state index contributed by atoms with van der Waals surface area (Å²) in [4.78, 5) is 24.5. The topological polar surface area (TPSA) is 112 Å². The molecule has 0 saturated carbocycles. The number of benzene rings is 2. The standard InChI is InChI=1S/C23H17N5O4/c29-22(17-14-16-8-4-5-9-18(16)32-23(17)30)24-12-13-31-20-11-10-19-25-26-21(28(19)27-20)15-6-2-1-3-7-15/h1-11,14H,12-13H2,(H,24,29). The lowest BCUT2D eigenvalue weighted by molar-refractivity contribution is 0.0943. The Bertz CT molecular complexity index is 1480. The Labute approximate surface area is 181 Å². The van der Waals surface area contributed by atoms with Gasteiger partial charge in [0.05, 0.1) is 6.54 Å². The lowest BCUT2D eigenvalue weighted by Crippen LogP contribution is -2.31. The number of carbonyl (C=O) groups excluding carboxylic acids is 1. The molecule has 2 aromatic carbocycles. The Kier molecular flexibility index (Phi) is 5.04. The van der Waals surface area contributed by atoms with E-state index in [4.69, 9.17) is 9.15 Å². The number of rotatable bonds is 6. The van der Waals surface area contributed by atoms with Gasteiger partial charge in [0, 0.05) is 17.0 Å². The van der Waals surface area contributed by atoms with Crippen LogP contribution in [0.15, 0.2) is 82.0 Å². The molecule has 0 aliphatic heterocycles. The fourth-order valence-corrected chi connectivity index (χ4v) is 3.25. The monoisotopic (exact) mass is 427 g/mol. The molecule has 0 aliphatic carbocycles. The van der Waals surface area contributed by atoms with E-state index in [2.05, 4.69) is 20.6 Å². The van der Waals surface area contributed by atoms with Gasteiger partial charge in [-0.3, -0.25) is 4.79 Å². The molecule has 0 aliphatic rings. The van der Waals surface area contributed by atoms with Crippen LogP contribution < -0.4 is 15.7 Å². The molecule has 9 nitrogen and oxygen atoms in total. The number of nitrogens with zero attached hydrogens (tertiary/aromatic N) is 4. The van der Waals surface area contributed by atoms with Crippen molar-refractivity contribution in [2.45, 2.75) is 0 Å². The molecule has 0 unspecified atom stereocenters. The maximum atomic E-state index is 12.4. The van der Waals surface area contributed by atoms with Gasteiger partial charge in [-0.25, -0.2) is 4.79 Å². The number of aromatic nitrogens is 4. The number of hydrogen-bond acceptors (Lipinski definition) is 7. The number of amides is 1. The molecule has 3 heterocycles. The molecular formula is C23H17N5O4. The molecule has 1 N–H and O–H groups in total. The first-order valence-electron chi connectivity index (χ1n) is 9.91. The summed E-state index contributed by atoms with van der Waals surface area (Å²) in [6.45, 7) is 0.338. The van der Waals surface area contributed by atoms with Crippen LogP contribution in [0.4, 0.5) is 0 Å². The van der Waals surface area contributed by atoms with E-state index < -0.39 is 11.5 Å². The smallest absolute Gasteiger partial charge is 0.349 e. The van der Waals surface area contributed by atoms with Gasteiger partial charge in [-0.2, -0.15) is 4.52 Å². The van der Waals surface area contributed by atoms with Crippen molar-refractivity contribution in [3.8, 4) is 17.3 Å². The second kappa shape index (κ2) is 8.31. The maximum absolute atomic E-state index is 12.4. The van der Waals surface area contributed by atoms with Gasteiger partial charge in [0.2, 0.25) is 5.88 Å². The van der Waals surface area contributed by atoms with E-state index in [0.717, 1.165) is 5.56 Å². The Morgan fingerprint density at radius 2 is 1.81 bits per heavy atom. The highest BCUT2D eigenvalue weighted by Crippen LogP contribution is 2.18. The van der Waals surface area contributed by atoms with Crippen molar-refractivity contribution < 1.29 is 13.9 Å². The molecule has 0 bridgehead atoms. The molecule has 1 amide bonds. The second-order valence-electron chi connectivity index (χ2n) is 6.92. The minimum absolute atomic E-state index is 0.0553. The van der Waals surface area contributed by atoms with Crippen LogP contribution in [0.25, 0.3) is 28.0 Å². The van der Waals surface area contributed by atoms with E-state index >= 15 is 0 Å². The van der Waals surface area contributed by atoms with E-state index in [0.29, 0.717) is 28.3 Å². The first-order valence-corrected chi connectivity index (χ1v) is 9.91. The van der Waals surface area contributed by atoms with Crippen molar-refractivity contribution in [2.24, 2.45) is 0 Å². The summed E-state index contributed by atoms with van der Waals surface area (Å²) in [5.74, 6) is 0.429. The third-order valence-corrected chi connectivity index (χ3v) is 4.79. The molecule has 0 saturated heterocycles. The minimum atomic E-state index is -0.685. The molecule has 9 heteroatoms. The summed E-state index contributed by atoms with van der Waals surface area (Å²) < 4.78 is 12.5. The van der Waals surface area contributed by atoms with Gasteiger partial charge < -0.3 is 14.5 Å². The summed E-state index contributed by atoms with van der Waals surface area (Å²) in [6, 6.07) is 21.6. The Hall–Kier alpha value is -4.53. The number of fused-ring (bicyclic) bond motifs is 2. The molecule has 0 spiro atoms. The third kappa shape index (κ3) is 3.79. The van der Waals surface area contributed by atoms with Gasteiger partial charge in [0.25, 0.3) is 5.91 Å². The van der Waals surface area contributed by atoms with E-state index in [9.17, 15) is 9.59 Å². The van der Waals surface area contributed by atoms with Crippen molar-refractivity contribution in [1.82, 2.24) is 25.1 Å². The van der Waals surface area contributed by atoms with Gasteiger partial charge in [-0.15, -0.1) is 15.3 Å². The van der Waals surface area contributed by atoms with Gasteiger partial charge in [-0.1, -0.05) is 48.5 Å². The van der Waals surface area contributed by atoms with Crippen molar-refractivity contribution in [1.29, 1.82) is 0 Å². The first-order chi connectivity index (χ1) is 15.7. The molecular weight excluding hydrogens is 410 g/mol. The molecule has 32 heavy (non-hydrogen) atoms. The van der Waals surface area contributed by atoms with Crippen LogP contribution in [0.3, 0.4) is 0 Å². The van der Waals surface area contributed by atoms with Crippen LogP contribution in [-0.4, -0.2) is 38.9 Å². The zero-order chi connectivity index (χ0) is 21.9. The van der Waals surface area contributed by atoms with Crippen LogP contribution in [0.1, 0.15) is 10.4 Å². The van der Waals surface area contributed by atoms with E-state index in [1.165, 1.54) is 6.07 Å². The summed E-state index contributed by atoms with van der Waals surface area (Å²) in [5, 5.41) is 16.1. The first kappa shape index (κ1) is 19.4. The summed E-state index contributed by atoms with van der Waals surface area (Å²) in [7, 11) is 0. The number of hydrogen-bond donors (Lipinski definition) is 1. The number of para-hydroxylation sites is 1. The second-order valence-corrected chi connectivity index (χ2v) is 6.92. The lowest BCUT2D eigenvalue weighted by Gasteiger charge is -2.08. The third-order valence-electron chi connectivity index (χ3n) is 4.79. The fraction of sp³-hybridized carbons (Fsp3) is 0.0870. The number of ether oxygens (including phenoxy) is 1. The summed E-state index contributed by atoms with van der Waals surface area (Å²) >= 11 is 0. The Morgan fingerprint density at radius 1 is 1.00 bits per heavy atom. The highest BCUT2D eigenvalue weighted by atomic mass is 16.5. The maximum Gasteiger partial charge on any atom is 0.349 e. The van der Waals surface area contributed by atoms with Crippen molar-refractivity contribution >= 4 is 22.5 Å². The highest BCUT2D eigenvalue weighted by Gasteiger charge is 2.14. The van der Waals surface area contributed by atoms with Crippen LogP contribution in [-0.2, 0) is 0 Å². The normalized spacial score (nSPS) is 11.0. The molecule has 0 fully saturated rings. The highest BCUT2D eigenvalue weighted by molar-refractivity contribution is 5.96. The largest absolute Gasteiger partial charge is 0.475 e. The van der Waals surface area contributed by atoms with Crippen LogP contribution in [0, 0.1) is 0 Å². The van der Waals surface area contributed by atoms with Crippen molar-refractivity contribution in [3.63, 3.8) is 0 Å². The molecule has 5 aromatic rings. The average Bonchev–Trinajstić information content (AvgIpc) is 3.25. The lowest BCUT2D eigenvalue weighted by atomic mass is 10.2. The minimum Gasteiger partial charge on any atom is -0.475 e. The van der Waals surface area contributed by atoms with Gasteiger partial charge in [-0.05, 0) is 18.2 Å². The van der Waals surface area contributed by atoms with Crippen LogP contribution in [0.5, 0.6) is 5.88 Å². The quantitative estimate of drug-likeness (QED) is 0.328. The number of nitrogens with one attached hydrogen (secondary N) is 1. The van der Waals surface area contributed by atoms with Gasteiger partial charge in [0.1, 0.15) is 17.8 Å². The SMILES string of the molecule is O=C(NCCOc1ccc2nnc(-c3ccccc3)n2n1)c1cc2ccccc2oc1=O. The average molecular weight is 427 g/mol. The molecule has 5 rings (SSSR count). The van der Waals surface area contributed by atoms with Crippen LogP contribution >= 0.6 is 0 Å². The van der Waals surface area contributed by atoms with Crippen molar-refractivity contribution in [2.75, 3.05) is 13.2 Å². The van der Waals surface area contributed by atoms with E-state index in [1.54, 1.807) is 40.9 Å². The molecule has 3 aromatic heterocycles. The van der Waals surface area contributed by atoms with Gasteiger partial charge in [0.15, 0.2) is 11.5 Å². The summed E-state index contributed by atoms with van der Waals surface area (Å²) in [5.41, 5.74) is 1.16. The summed E-state index contributed by atoms with van der Waals surface area (Å²) in [6.07, 6.45) is 0. The molecule has 0 radical (unpaired) electrons. The number of carbonyl (C=O) groups is 1. The van der Waals surface area contributed by atoms with E-state index in [1.807, 2.05) is 30.3 Å². The predicted molar refractivity (Wildman–Crippen MR) is 117 cm³/mol. The zero-order valence-corrected chi connectivity index (χ0v) is 16.8. The Morgan fingerprint density at radius 3 is 2.69 bits per heavy atom. The van der Waals surface area contributed by atoms with E-state index in [-0.39, 0.29) is 18.7 Å². The fourth-order valence-electron chi connectivity index (χ4n) is 3.25. The van der Waals surface area contributed by atoms with Crippen LogP contribution in [0.2, 0.25) is 0 Å².